The van der Waals surface area contributed by atoms with Crippen molar-refractivity contribution in [3.63, 3.8) is 0 Å². The molecule has 0 amide bonds. The van der Waals surface area contributed by atoms with Gasteiger partial charge in [0.05, 0.1) is 19.8 Å². The molecule has 7 rings (SSSR count). The fraction of sp³-hybridized carbons (Fsp3) is 0.240. The highest BCUT2D eigenvalue weighted by Crippen LogP contribution is 2.45. The van der Waals surface area contributed by atoms with Crippen LogP contribution < -0.4 is 0 Å². The van der Waals surface area contributed by atoms with Gasteiger partial charge in [-0.2, -0.15) is 0 Å². The lowest BCUT2D eigenvalue weighted by atomic mass is 9.85. The van der Waals surface area contributed by atoms with Crippen molar-refractivity contribution in [1.29, 1.82) is 0 Å². The summed E-state index contributed by atoms with van der Waals surface area (Å²) in [7, 11) is 0. The Morgan fingerprint density at radius 3 is 1.65 bits per heavy atom. The summed E-state index contributed by atoms with van der Waals surface area (Å²) in [6, 6.07) is 52.5. The predicted molar refractivity (Wildman–Crippen MR) is 227 cm³/mol. The topological polar surface area (TPSA) is 66.4 Å². The number of rotatable bonds is 16. The third-order valence-electron chi connectivity index (χ3n) is 10.3. The molecule has 4 atom stereocenters. The van der Waals surface area contributed by atoms with Crippen LogP contribution in [-0.4, -0.2) is 23.4 Å². The van der Waals surface area contributed by atoms with Gasteiger partial charge >= 0.3 is 0 Å². The Balaban J connectivity index is 1.33. The maximum Gasteiger partial charge on any atom is 0.264 e. The first kappa shape index (κ1) is 40.2. The van der Waals surface area contributed by atoms with E-state index in [1.165, 1.54) is 5.56 Å². The summed E-state index contributed by atoms with van der Waals surface area (Å²) in [5.41, 5.74) is 8.70. The average Bonchev–Trinajstić information content (AvgIpc) is 3.25. The van der Waals surface area contributed by atoms with Gasteiger partial charge in [0.15, 0.2) is 11.9 Å². The molecule has 1 saturated heterocycles. The second-order valence-electron chi connectivity index (χ2n) is 14.4. The molecule has 1 fully saturated rings. The van der Waals surface area contributed by atoms with Gasteiger partial charge in [-0.15, -0.1) is 0 Å². The first-order valence-corrected chi connectivity index (χ1v) is 20.3. The molecular formula is C50H49BrO6. The third-order valence-corrected chi connectivity index (χ3v) is 11.0. The van der Waals surface area contributed by atoms with E-state index in [9.17, 15) is 5.11 Å². The van der Waals surface area contributed by atoms with Crippen LogP contribution in [0.5, 0.6) is 0 Å². The molecule has 0 bridgehead atoms. The normalized spacial score (nSPS) is 19.9. The zero-order valence-electron chi connectivity index (χ0n) is 32.4. The lowest BCUT2D eigenvalue weighted by Gasteiger charge is -2.48. The van der Waals surface area contributed by atoms with Crippen molar-refractivity contribution in [2.24, 2.45) is 0 Å². The quantitative estimate of drug-likeness (QED) is 0.0981. The number of hydrogen-bond donors (Lipinski definition) is 1. The van der Waals surface area contributed by atoms with E-state index in [1.54, 1.807) is 6.26 Å². The fourth-order valence-corrected chi connectivity index (χ4v) is 7.73. The van der Waals surface area contributed by atoms with Crippen molar-refractivity contribution >= 4 is 15.9 Å². The Morgan fingerprint density at radius 2 is 1.11 bits per heavy atom. The van der Waals surface area contributed by atoms with E-state index in [-0.39, 0.29) is 19.8 Å². The van der Waals surface area contributed by atoms with E-state index in [2.05, 4.69) is 47.1 Å². The Kier molecular flexibility index (Phi) is 13.7. The summed E-state index contributed by atoms with van der Waals surface area (Å²) in [5.74, 6) is -1.74. The molecule has 1 heterocycles. The van der Waals surface area contributed by atoms with E-state index in [1.807, 2.05) is 140 Å². The number of aliphatic hydroxyl groups is 1. The van der Waals surface area contributed by atoms with Gasteiger partial charge < -0.3 is 28.8 Å². The largest absolute Gasteiger partial charge is 0.493 e. The van der Waals surface area contributed by atoms with E-state index < -0.39 is 24.1 Å². The van der Waals surface area contributed by atoms with Gasteiger partial charge in [0.1, 0.15) is 25.1 Å². The van der Waals surface area contributed by atoms with Gasteiger partial charge in [-0.1, -0.05) is 168 Å². The molecule has 1 unspecified atom stereocenters. The van der Waals surface area contributed by atoms with Crippen molar-refractivity contribution in [1.82, 2.24) is 0 Å². The zero-order chi connectivity index (χ0) is 39.5. The molecule has 0 saturated carbocycles. The van der Waals surface area contributed by atoms with Crippen LogP contribution in [0.2, 0.25) is 0 Å². The van der Waals surface area contributed by atoms with Gasteiger partial charge in [0, 0.05) is 10.0 Å². The van der Waals surface area contributed by atoms with E-state index in [4.69, 9.17) is 23.7 Å². The number of aryl methyl sites for hydroxylation is 2. The van der Waals surface area contributed by atoms with Gasteiger partial charge in [-0.05, 0) is 76.4 Å². The van der Waals surface area contributed by atoms with Crippen LogP contribution in [0.1, 0.15) is 57.0 Å². The third kappa shape index (κ3) is 10.3. The second kappa shape index (κ2) is 19.4. The highest BCUT2D eigenvalue weighted by molar-refractivity contribution is 9.10. The van der Waals surface area contributed by atoms with Crippen LogP contribution in [0.25, 0.3) is 0 Å². The highest BCUT2D eigenvalue weighted by Gasteiger charge is 2.57. The van der Waals surface area contributed by atoms with Crippen molar-refractivity contribution < 1.29 is 28.8 Å². The Morgan fingerprint density at radius 1 is 0.614 bits per heavy atom. The molecule has 0 aromatic heterocycles. The van der Waals surface area contributed by atoms with E-state index in [0.717, 1.165) is 49.8 Å². The SMILES string of the molecule is CCc1ccc(Cc2cc(C3(O)O/C(=C/OCc4ccccc4)[C@@H](OCc4ccccc4)[C@@H](OCc4ccccc4)[C@H]3OCc3ccccc3)c(C)cc2Br)cc1. The first-order chi connectivity index (χ1) is 27.9. The van der Waals surface area contributed by atoms with Gasteiger partial charge in [0.25, 0.3) is 5.79 Å². The maximum atomic E-state index is 13.4. The lowest BCUT2D eigenvalue weighted by molar-refractivity contribution is -0.331. The predicted octanol–water partition coefficient (Wildman–Crippen LogP) is 10.9. The molecule has 0 spiro atoms. The highest BCUT2D eigenvalue weighted by atomic mass is 79.9. The number of hydrogen-bond acceptors (Lipinski definition) is 6. The summed E-state index contributed by atoms with van der Waals surface area (Å²) >= 11 is 3.84. The van der Waals surface area contributed by atoms with Crippen molar-refractivity contribution in [2.45, 2.75) is 77.2 Å². The molecule has 1 N–H and O–H groups in total. The molecule has 57 heavy (non-hydrogen) atoms. The lowest BCUT2D eigenvalue weighted by Crippen LogP contribution is -2.60. The van der Waals surface area contributed by atoms with Crippen molar-refractivity contribution in [2.75, 3.05) is 0 Å². The minimum atomic E-state index is -2.03. The summed E-state index contributed by atoms with van der Waals surface area (Å²) in [6.07, 6.45) is 0.453. The van der Waals surface area contributed by atoms with Crippen molar-refractivity contribution in [3.05, 3.63) is 224 Å². The number of halogens is 1. The maximum absolute atomic E-state index is 13.4. The van der Waals surface area contributed by atoms with Crippen molar-refractivity contribution in [3.8, 4) is 0 Å². The second-order valence-corrected chi connectivity index (χ2v) is 15.3. The van der Waals surface area contributed by atoms with Crippen LogP contribution in [0, 0.1) is 6.92 Å². The molecule has 6 nitrogen and oxygen atoms in total. The minimum absolute atomic E-state index is 0.198. The molecule has 0 aliphatic carbocycles. The summed E-state index contributed by atoms with van der Waals surface area (Å²) in [5, 5.41) is 13.4. The molecule has 6 aromatic carbocycles. The van der Waals surface area contributed by atoms with Crippen LogP contribution in [0.15, 0.2) is 174 Å². The van der Waals surface area contributed by atoms with Gasteiger partial charge in [-0.25, -0.2) is 0 Å². The summed E-state index contributed by atoms with van der Waals surface area (Å²) in [6.45, 7) is 5.13. The molecule has 292 valence electrons. The number of ether oxygens (including phenoxy) is 5. The standard InChI is InChI=1S/C50H49BrO6/c1-3-37-24-26-38(27-25-37)29-43-30-44(36(2)28-45(43)51)50(52)49(56-34-42-22-14-7-15-23-42)48(55-33-41-20-12-6-13-21-41)47(54-32-40-18-10-5-11-19-40)46(57-50)35-53-31-39-16-8-4-9-17-39/h4-28,30,35,47-49,52H,3,29,31-34H2,1-2H3/b46-35+/t47-,48-,49-,50?/m1/s1. The monoisotopic (exact) mass is 824 g/mol. The smallest absolute Gasteiger partial charge is 0.264 e. The first-order valence-electron chi connectivity index (χ1n) is 19.5. The Labute approximate surface area is 344 Å². The van der Waals surface area contributed by atoms with Crippen LogP contribution in [0.4, 0.5) is 0 Å². The molecule has 1 aliphatic rings. The fourth-order valence-electron chi connectivity index (χ4n) is 7.13. The number of benzene rings is 6. The van der Waals surface area contributed by atoms with Gasteiger partial charge in [-0.3, -0.25) is 0 Å². The van der Waals surface area contributed by atoms with E-state index in [0.29, 0.717) is 24.4 Å². The van der Waals surface area contributed by atoms with Crippen LogP contribution >= 0.6 is 15.9 Å². The molecule has 7 heteroatoms. The van der Waals surface area contributed by atoms with E-state index >= 15 is 0 Å². The Hall–Kier alpha value is -5.02. The summed E-state index contributed by atoms with van der Waals surface area (Å²) in [4.78, 5) is 0. The van der Waals surface area contributed by atoms with Gasteiger partial charge in [0.2, 0.25) is 0 Å². The van der Waals surface area contributed by atoms with Crippen LogP contribution in [-0.2, 0) is 68.7 Å². The molecular weight excluding hydrogens is 776 g/mol. The summed E-state index contributed by atoms with van der Waals surface area (Å²) < 4.78 is 34.6. The molecule has 6 aromatic rings. The average molecular weight is 826 g/mol. The zero-order valence-corrected chi connectivity index (χ0v) is 34.0. The minimum Gasteiger partial charge on any atom is -0.493 e. The van der Waals surface area contributed by atoms with Crippen LogP contribution in [0.3, 0.4) is 0 Å². The Bertz CT molecular complexity index is 2180. The molecule has 0 radical (unpaired) electrons. The molecule has 1 aliphatic heterocycles.